The van der Waals surface area contributed by atoms with E-state index in [0.29, 0.717) is 45.0 Å². The highest BCUT2D eigenvalue weighted by atomic mass is 35.5. The quantitative estimate of drug-likeness (QED) is 0.157. The second-order valence-electron chi connectivity index (χ2n) is 8.90. The standard InChI is InChI=1S/C29H29ClN4O3/c1-16(21-7-9-22(10-8-21)19(4)36)14-37-20(5)29(6,15-35)26-18(3)33-28(34-27(26)32)17(2)24-12-11-23(30)13-25(24)31/h7-15H,2,5,31H2,1,3-4,6H3,(H2,32,33,34)/b16-14+. The van der Waals surface area contributed by atoms with Gasteiger partial charge in [-0.05, 0) is 51.0 Å². The number of carbonyl (C=O) groups is 2. The van der Waals surface area contributed by atoms with Crippen LogP contribution in [0.1, 0.15) is 59.3 Å². The number of halogens is 1. The van der Waals surface area contributed by atoms with Gasteiger partial charge in [-0.3, -0.25) is 4.79 Å². The first-order valence-electron chi connectivity index (χ1n) is 11.4. The zero-order valence-corrected chi connectivity index (χ0v) is 22.0. The summed E-state index contributed by atoms with van der Waals surface area (Å²) >= 11 is 6.00. The molecule has 0 fully saturated rings. The molecule has 7 nitrogen and oxygen atoms in total. The topological polar surface area (TPSA) is 121 Å². The number of aryl methyl sites for hydroxylation is 1. The van der Waals surface area contributed by atoms with Crippen LogP contribution in [0.2, 0.25) is 5.02 Å². The Balaban J connectivity index is 1.90. The van der Waals surface area contributed by atoms with Crippen molar-refractivity contribution >= 4 is 46.3 Å². The van der Waals surface area contributed by atoms with Crippen LogP contribution in [0.25, 0.3) is 11.1 Å². The van der Waals surface area contributed by atoms with Gasteiger partial charge >= 0.3 is 0 Å². The number of ether oxygens (including phenoxy) is 1. The summed E-state index contributed by atoms with van der Waals surface area (Å²) < 4.78 is 5.82. The first-order valence-corrected chi connectivity index (χ1v) is 11.8. The number of anilines is 2. The maximum Gasteiger partial charge on any atom is 0.161 e. The molecule has 1 aromatic heterocycles. The van der Waals surface area contributed by atoms with E-state index in [2.05, 4.69) is 23.1 Å². The van der Waals surface area contributed by atoms with Crippen molar-refractivity contribution in [3.63, 3.8) is 0 Å². The maximum absolute atomic E-state index is 12.4. The molecule has 0 aliphatic carbocycles. The Hall–Kier alpha value is -4.23. The highest BCUT2D eigenvalue weighted by Gasteiger charge is 2.36. The molecule has 0 spiro atoms. The van der Waals surface area contributed by atoms with Crippen molar-refractivity contribution in [3.05, 3.63) is 106 Å². The number of rotatable bonds is 9. The summed E-state index contributed by atoms with van der Waals surface area (Å²) in [6.45, 7) is 14.8. The maximum atomic E-state index is 12.4. The van der Waals surface area contributed by atoms with Crippen molar-refractivity contribution in [2.45, 2.75) is 33.1 Å². The van der Waals surface area contributed by atoms with Crippen LogP contribution in [-0.4, -0.2) is 22.0 Å². The van der Waals surface area contributed by atoms with Gasteiger partial charge < -0.3 is 21.0 Å². The van der Waals surface area contributed by atoms with E-state index in [1.54, 1.807) is 44.2 Å². The number of ketones is 1. The van der Waals surface area contributed by atoms with Crippen LogP contribution >= 0.6 is 11.6 Å². The molecule has 0 aliphatic rings. The minimum Gasteiger partial charge on any atom is -0.468 e. The van der Waals surface area contributed by atoms with Crippen LogP contribution in [0, 0.1) is 6.92 Å². The number of allylic oxidation sites excluding steroid dienone is 2. The molecule has 2 aromatic carbocycles. The summed E-state index contributed by atoms with van der Waals surface area (Å²) in [5.74, 6) is 0.503. The normalized spacial score (nSPS) is 12.9. The molecule has 0 aliphatic heterocycles. The predicted molar refractivity (Wildman–Crippen MR) is 149 cm³/mol. The van der Waals surface area contributed by atoms with Crippen molar-refractivity contribution in [3.8, 4) is 0 Å². The first kappa shape index (κ1) is 27.4. The Morgan fingerprint density at radius 2 is 1.68 bits per heavy atom. The number of aldehydes is 1. The average Bonchev–Trinajstić information content (AvgIpc) is 2.86. The Labute approximate surface area is 221 Å². The van der Waals surface area contributed by atoms with E-state index < -0.39 is 5.41 Å². The molecular weight excluding hydrogens is 488 g/mol. The van der Waals surface area contributed by atoms with Crippen LogP contribution in [0.5, 0.6) is 0 Å². The van der Waals surface area contributed by atoms with Gasteiger partial charge in [0.2, 0.25) is 0 Å². The van der Waals surface area contributed by atoms with Crippen molar-refractivity contribution in [1.29, 1.82) is 0 Å². The van der Waals surface area contributed by atoms with Gasteiger partial charge in [0.15, 0.2) is 11.6 Å². The van der Waals surface area contributed by atoms with E-state index in [1.807, 2.05) is 19.1 Å². The number of aromatic nitrogens is 2. The van der Waals surface area contributed by atoms with Crippen LogP contribution in [0.4, 0.5) is 11.5 Å². The van der Waals surface area contributed by atoms with Gasteiger partial charge in [-0.1, -0.05) is 55.1 Å². The molecule has 0 amide bonds. The van der Waals surface area contributed by atoms with Gasteiger partial charge in [0.1, 0.15) is 23.3 Å². The molecule has 0 bridgehead atoms. The third kappa shape index (κ3) is 5.62. The molecule has 190 valence electrons. The second-order valence-corrected chi connectivity index (χ2v) is 9.34. The lowest BCUT2D eigenvalue weighted by atomic mass is 9.81. The number of hydrogen-bond acceptors (Lipinski definition) is 7. The zero-order chi connectivity index (χ0) is 27.5. The van der Waals surface area contributed by atoms with Crippen molar-refractivity contribution in [2.24, 2.45) is 0 Å². The lowest BCUT2D eigenvalue weighted by Crippen LogP contribution is -2.30. The minimum absolute atomic E-state index is 0.0130. The molecule has 4 N–H and O–H groups in total. The minimum atomic E-state index is -1.33. The lowest BCUT2D eigenvalue weighted by Gasteiger charge is -2.27. The molecule has 0 radical (unpaired) electrons. The molecule has 1 unspecified atom stereocenters. The van der Waals surface area contributed by atoms with Gasteiger partial charge in [0, 0.05) is 38.7 Å². The molecule has 3 aromatic rings. The van der Waals surface area contributed by atoms with Gasteiger partial charge in [-0.25, -0.2) is 9.97 Å². The number of nitrogens with zero attached hydrogens (tertiary/aromatic N) is 2. The number of carbonyl (C=O) groups excluding carboxylic acids is 2. The van der Waals surface area contributed by atoms with E-state index in [0.717, 1.165) is 11.1 Å². The van der Waals surface area contributed by atoms with Crippen LogP contribution < -0.4 is 11.5 Å². The number of nitrogen functional groups attached to an aromatic ring is 2. The largest absolute Gasteiger partial charge is 0.468 e. The summed E-state index contributed by atoms with van der Waals surface area (Å²) in [5.41, 5.74) is 15.7. The Morgan fingerprint density at radius 3 is 2.22 bits per heavy atom. The second kappa shape index (κ2) is 10.8. The van der Waals surface area contributed by atoms with Gasteiger partial charge in [-0.2, -0.15) is 0 Å². The summed E-state index contributed by atoms with van der Waals surface area (Å²) in [5, 5.41) is 0.499. The molecular formula is C29H29ClN4O3. The predicted octanol–water partition coefficient (Wildman–Crippen LogP) is 5.91. The third-order valence-electron chi connectivity index (χ3n) is 6.19. The van der Waals surface area contributed by atoms with Crippen LogP contribution in [-0.2, 0) is 14.9 Å². The number of benzene rings is 2. The molecule has 1 atom stereocenters. The van der Waals surface area contributed by atoms with Crippen molar-refractivity contribution < 1.29 is 14.3 Å². The fraction of sp³-hybridized carbons (Fsp3) is 0.172. The van der Waals surface area contributed by atoms with Crippen molar-refractivity contribution in [2.75, 3.05) is 11.5 Å². The van der Waals surface area contributed by atoms with Crippen LogP contribution in [0.3, 0.4) is 0 Å². The number of hydrogen-bond donors (Lipinski definition) is 2. The van der Waals surface area contributed by atoms with E-state index in [4.69, 9.17) is 27.8 Å². The lowest BCUT2D eigenvalue weighted by molar-refractivity contribution is -0.111. The summed E-state index contributed by atoms with van der Waals surface area (Å²) in [4.78, 5) is 32.8. The smallest absolute Gasteiger partial charge is 0.161 e. The molecule has 8 heteroatoms. The highest BCUT2D eigenvalue weighted by molar-refractivity contribution is 6.31. The molecule has 0 saturated heterocycles. The molecule has 37 heavy (non-hydrogen) atoms. The Kier molecular flexibility index (Phi) is 7.99. The van der Waals surface area contributed by atoms with Crippen molar-refractivity contribution in [1.82, 2.24) is 9.97 Å². The number of nitrogens with two attached hydrogens (primary N) is 2. The molecule has 1 heterocycles. The Morgan fingerprint density at radius 1 is 1.05 bits per heavy atom. The van der Waals surface area contributed by atoms with Gasteiger partial charge in [-0.15, -0.1) is 0 Å². The van der Waals surface area contributed by atoms with Gasteiger partial charge in [0.05, 0.1) is 6.26 Å². The highest BCUT2D eigenvalue weighted by Crippen LogP contribution is 2.36. The summed E-state index contributed by atoms with van der Waals surface area (Å²) in [6.07, 6.45) is 2.20. The average molecular weight is 517 g/mol. The number of Topliss-reactive ketones (excluding diaryl/α,β-unsaturated/α-hetero) is 1. The van der Waals surface area contributed by atoms with E-state index >= 15 is 0 Å². The molecule has 0 saturated carbocycles. The van der Waals surface area contributed by atoms with E-state index in [9.17, 15) is 9.59 Å². The van der Waals surface area contributed by atoms with E-state index in [1.165, 1.54) is 13.2 Å². The fourth-order valence-electron chi connectivity index (χ4n) is 3.88. The monoisotopic (exact) mass is 516 g/mol. The zero-order valence-electron chi connectivity index (χ0n) is 21.3. The van der Waals surface area contributed by atoms with Crippen LogP contribution in [0.15, 0.2) is 67.6 Å². The first-order chi connectivity index (χ1) is 17.4. The fourth-order valence-corrected chi connectivity index (χ4v) is 4.06. The summed E-state index contributed by atoms with van der Waals surface area (Å²) in [7, 11) is 0. The SMILES string of the molecule is C=C(c1nc(C)c(C(C)(C=O)C(=C)O/C=C(\C)c2ccc(C(C)=O)cc2)c(N)n1)c1ccc(Cl)cc1N. The third-order valence-corrected chi connectivity index (χ3v) is 6.42. The Bertz CT molecular complexity index is 1420. The van der Waals surface area contributed by atoms with Gasteiger partial charge in [0.25, 0.3) is 0 Å². The molecule has 3 rings (SSSR count). The summed E-state index contributed by atoms with van der Waals surface area (Å²) in [6, 6.07) is 12.2. The van der Waals surface area contributed by atoms with E-state index in [-0.39, 0.29) is 23.2 Å².